The van der Waals surface area contributed by atoms with E-state index >= 15 is 0 Å². The van der Waals surface area contributed by atoms with Crippen molar-refractivity contribution in [2.24, 2.45) is 7.05 Å². The van der Waals surface area contributed by atoms with Crippen molar-refractivity contribution >= 4 is 22.7 Å². The van der Waals surface area contributed by atoms with Gasteiger partial charge in [-0.3, -0.25) is 4.98 Å². The summed E-state index contributed by atoms with van der Waals surface area (Å²) in [6, 6.07) is 20.0. The average Bonchev–Trinajstić information content (AvgIpc) is 3.09. The zero-order chi connectivity index (χ0) is 21.1. The quantitative estimate of drug-likeness (QED) is 0.435. The summed E-state index contributed by atoms with van der Waals surface area (Å²) < 4.78 is 7.97. The number of allylic oxidation sites excluding steroid dienone is 1. The lowest BCUT2D eigenvalue weighted by Crippen LogP contribution is -2.01. The van der Waals surface area contributed by atoms with E-state index in [0.717, 1.165) is 39.2 Å². The van der Waals surface area contributed by atoms with E-state index in [-0.39, 0.29) is 0 Å². The minimum atomic E-state index is 0.418. The van der Waals surface area contributed by atoms with Gasteiger partial charge in [-0.1, -0.05) is 18.2 Å². The predicted octanol–water partition coefficient (Wildman–Crippen LogP) is 5.23. The Bertz CT molecular complexity index is 1260. The fraction of sp³-hybridized carbons (Fsp3) is 0.160. The van der Waals surface area contributed by atoms with Gasteiger partial charge in [0.05, 0.1) is 22.3 Å². The second-order valence-electron chi connectivity index (χ2n) is 7.25. The summed E-state index contributed by atoms with van der Waals surface area (Å²) in [5.41, 5.74) is 6.25. The molecule has 30 heavy (non-hydrogen) atoms. The van der Waals surface area contributed by atoms with Crippen LogP contribution in [0, 0.1) is 25.2 Å². The summed E-state index contributed by atoms with van der Waals surface area (Å²) in [5.74, 6) is 1.50. The van der Waals surface area contributed by atoms with Gasteiger partial charge >= 0.3 is 0 Å². The van der Waals surface area contributed by atoms with E-state index in [4.69, 9.17) is 4.74 Å². The van der Waals surface area contributed by atoms with Gasteiger partial charge in [-0.15, -0.1) is 0 Å². The molecule has 2 aromatic heterocycles. The van der Waals surface area contributed by atoms with Crippen LogP contribution in [0.5, 0.6) is 5.75 Å². The molecule has 5 nitrogen and oxygen atoms in total. The number of aromatic nitrogens is 3. The van der Waals surface area contributed by atoms with Gasteiger partial charge in [0, 0.05) is 13.2 Å². The topological polar surface area (TPSA) is 63.7 Å². The molecule has 0 saturated carbocycles. The number of hydrogen-bond donors (Lipinski definition) is 0. The maximum absolute atomic E-state index is 9.79. The molecule has 0 amide bonds. The maximum atomic E-state index is 9.79. The van der Waals surface area contributed by atoms with Crippen molar-refractivity contribution in [3.8, 4) is 11.8 Å². The maximum Gasteiger partial charge on any atom is 0.151 e. The Morgan fingerprint density at radius 3 is 2.50 bits per heavy atom. The Morgan fingerprint density at radius 2 is 1.83 bits per heavy atom. The third kappa shape index (κ3) is 3.81. The van der Waals surface area contributed by atoms with Crippen LogP contribution in [0.25, 0.3) is 22.7 Å². The third-order valence-electron chi connectivity index (χ3n) is 5.03. The van der Waals surface area contributed by atoms with E-state index in [1.807, 2.05) is 86.1 Å². The fourth-order valence-corrected chi connectivity index (χ4v) is 3.62. The van der Waals surface area contributed by atoms with Crippen LogP contribution in [0.3, 0.4) is 0 Å². The molecule has 2 aromatic carbocycles. The SMILES string of the molecule is Cc1cc(/C=C(\C#N)c2nc3ccccc3n2C)cc(C)c1OCc1ccccn1. The number of pyridine rings is 1. The van der Waals surface area contributed by atoms with Gasteiger partial charge in [-0.2, -0.15) is 5.26 Å². The van der Waals surface area contributed by atoms with E-state index in [9.17, 15) is 5.26 Å². The van der Waals surface area contributed by atoms with Crippen molar-refractivity contribution in [2.45, 2.75) is 20.5 Å². The van der Waals surface area contributed by atoms with E-state index in [1.165, 1.54) is 0 Å². The molecule has 0 N–H and O–H groups in total. The molecular weight excluding hydrogens is 372 g/mol. The largest absolute Gasteiger partial charge is 0.487 e. The molecule has 0 radical (unpaired) electrons. The number of benzene rings is 2. The van der Waals surface area contributed by atoms with E-state index < -0.39 is 0 Å². The Kier molecular flexibility index (Phi) is 5.32. The highest BCUT2D eigenvalue weighted by molar-refractivity contribution is 5.91. The molecule has 0 bridgehead atoms. The fourth-order valence-electron chi connectivity index (χ4n) is 3.62. The zero-order valence-corrected chi connectivity index (χ0v) is 17.3. The van der Waals surface area contributed by atoms with Gasteiger partial charge in [0.25, 0.3) is 0 Å². The lowest BCUT2D eigenvalue weighted by Gasteiger charge is -2.13. The predicted molar refractivity (Wildman–Crippen MR) is 119 cm³/mol. The van der Waals surface area contributed by atoms with Crippen LogP contribution in [-0.2, 0) is 13.7 Å². The minimum Gasteiger partial charge on any atom is -0.487 e. The monoisotopic (exact) mass is 394 g/mol. The first-order chi connectivity index (χ1) is 14.6. The molecule has 0 fully saturated rings. The standard InChI is InChI=1S/C25H22N4O/c1-17-12-19(13-18(2)24(17)30-16-21-8-6-7-11-27-21)14-20(15-26)25-28-22-9-4-5-10-23(22)29(25)3/h4-14H,16H2,1-3H3/b20-14+. The first kappa shape index (κ1) is 19.4. The van der Waals surface area contributed by atoms with Gasteiger partial charge in [-0.05, 0) is 73.0 Å². The summed E-state index contributed by atoms with van der Waals surface area (Å²) in [5, 5.41) is 9.79. The van der Waals surface area contributed by atoms with Crippen LogP contribution in [0.1, 0.15) is 28.2 Å². The van der Waals surface area contributed by atoms with Crippen LogP contribution in [-0.4, -0.2) is 14.5 Å². The minimum absolute atomic E-state index is 0.418. The molecular formula is C25H22N4O. The number of rotatable bonds is 5. The molecule has 0 unspecified atom stereocenters. The van der Waals surface area contributed by atoms with Crippen molar-refractivity contribution in [1.29, 1.82) is 5.26 Å². The van der Waals surface area contributed by atoms with Crippen molar-refractivity contribution in [1.82, 2.24) is 14.5 Å². The number of ether oxygens (including phenoxy) is 1. The van der Waals surface area contributed by atoms with Gasteiger partial charge in [0.1, 0.15) is 18.4 Å². The van der Waals surface area contributed by atoms with Gasteiger partial charge in [0.2, 0.25) is 0 Å². The lowest BCUT2D eigenvalue weighted by molar-refractivity contribution is 0.297. The number of nitriles is 1. The van der Waals surface area contributed by atoms with Crippen molar-refractivity contribution in [3.05, 3.63) is 89.0 Å². The van der Waals surface area contributed by atoms with Gasteiger partial charge in [0.15, 0.2) is 5.82 Å². The Morgan fingerprint density at radius 1 is 1.10 bits per heavy atom. The summed E-state index contributed by atoms with van der Waals surface area (Å²) in [7, 11) is 1.93. The molecule has 0 aliphatic rings. The molecule has 5 heteroatoms. The summed E-state index contributed by atoms with van der Waals surface area (Å²) in [4.78, 5) is 8.95. The summed E-state index contributed by atoms with van der Waals surface area (Å²) in [6.07, 6.45) is 3.64. The van der Waals surface area contributed by atoms with Gasteiger partial charge < -0.3 is 9.30 Å². The third-order valence-corrected chi connectivity index (χ3v) is 5.03. The summed E-state index contributed by atoms with van der Waals surface area (Å²) >= 11 is 0. The molecule has 2 heterocycles. The van der Waals surface area contributed by atoms with Crippen LogP contribution in [0.15, 0.2) is 60.8 Å². The van der Waals surface area contributed by atoms with E-state index in [0.29, 0.717) is 18.0 Å². The molecule has 0 atom stereocenters. The number of hydrogen-bond acceptors (Lipinski definition) is 4. The Hall–Kier alpha value is -3.91. The normalized spacial score (nSPS) is 11.5. The van der Waals surface area contributed by atoms with Crippen molar-refractivity contribution < 1.29 is 4.74 Å². The highest BCUT2D eigenvalue weighted by Gasteiger charge is 2.13. The number of para-hydroxylation sites is 2. The first-order valence-electron chi connectivity index (χ1n) is 9.74. The van der Waals surface area contributed by atoms with Crippen molar-refractivity contribution in [3.63, 3.8) is 0 Å². The molecule has 0 aliphatic carbocycles. The average molecular weight is 394 g/mol. The molecule has 4 aromatic rings. The molecule has 0 saturated heterocycles. The number of fused-ring (bicyclic) bond motifs is 1. The zero-order valence-electron chi connectivity index (χ0n) is 17.3. The molecule has 0 aliphatic heterocycles. The number of aryl methyl sites for hydroxylation is 3. The van der Waals surface area contributed by atoms with Crippen LogP contribution in [0.4, 0.5) is 0 Å². The Labute approximate surface area is 175 Å². The molecule has 4 rings (SSSR count). The Balaban J connectivity index is 1.65. The van der Waals surface area contributed by atoms with Crippen molar-refractivity contribution in [2.75, 3.05) is 0 Å². The number of imidazole rings is 1. The lowest BCUT2D eigenvalue weighted by atomic mass is 10.0. The second kappa shape index (κ2) is 8.22. The molecule has 0 spiro atoms. The van der Waals surface area contributed by atoms with Crippen LogP contribution in [0.2, 0.25) is 0 Å². The highest BCUT2D eigenvalue weighted by atomic mass is 16.5. The molecule has 148 valence electrons. The summed E-state index contributed by atoms with van der Waals surface area (Å²) in [6.45, 7) is 4.44. The first-order valence-corrected chi connectivity index (χ1v) is 9.74. The number of nitrogens with zero attached hydrogens (tertiary/aromatic N) is 4. The van der Waals surface area contributed by atoms with E-state index in [2.05, 4.69) is 16.0 Å². The van der Waals surface area contributed by atoms with Gasteiger partial charge in [-0.25, -0.2) is 4.98 Å². The smallest absolute Gasteiger partial charge is 0.151 e. The van der Waals surface area contributed by atoms with E-state index in [1.54, 1.807) is 6.20 Å². The second-order valence-corrected chi connectivity index (χ2v) is 7.25. The van der Waals surface area contributed by atoms with Crippen LogP contribution < -0.4 is 4.74 Å². The van der Waals surface area contributed by atoms with Crippen LogP contribution >= 0.6 is 0 Å². The highest BCUT2D eigenvalue weighted by Crippen LogP contribution is 2.28.